The first-order valence-corrected chi connectivity index (χ1v) is 15.4. The number of likely N-dealkylation sites (tertiary alicyclic amines) is 1. The highest BCUT2D eigenvalue weighted by atomic mass is 79.9. The first-order chi connectivity index (χ1) is 20.4. The van der Waals surface area contributed by atoms with Gasteiger partial charge in [0, 0.05) is 5.92 Å². The van der Waals surface area contributed by atoms with Crippen LogP contribution in [0.1, 0.15) is 41.6 Å². The van der Waals surface area contributed by atoms with Gasteiger partial charge in [-0.05, 0) is 61.6 Å². The third-order valence-corrected chi connectivity index (χ3v) is 10.9. The number of hydrogen-bond acceptors (Lipinski definition) is 7. The Balaban J connectivity index is 1.51. The normalized spacial score (nSPS) is 31.5. The van der Waals surface area contributed by atoms with Crippen LogP contribution in [0.15, 0.2) is 54.1 Å². The number of phenols is 1. The van der Waals surface area contributed by atoms with Gasteiger partial charge in [-0.3, -0.25) is 29.0 Å². The van der Waals surface area contributed by atoms with Crippen LogP contribution in [0.4, 0.5) is 5.69 Å². The van der Waals surface area contributed by atoms with Crippen molar-refractivity contribution in [3.05, 3.63) is 65.2 Å². The smallest absolute Gasteiger partial charge is 0.335 e. The summed E-state index contributed by atoms with van der Waals surface area (Å²) in [5.74, 6) is -7.17. The van der Waals surface area contributed by atoms with E-state index in [9.17, 15) is 34.2 Å². The maximum atomic E-state index is 14.1. The predicted octanol–water partition coefficient (Wildman–Crippen LogP) is 4.40. The van der Waals surface area contributed by atoms with Gasteiger partial charge in [-0.1, -0.05) is 39.7 Å². The number of carboxylic acids is 1. The van der Waals surface area contributed by atoms with Crippen LogP contribution in [0.2, 0.25) is 0 Å². The zero-order valence-electron chi connectivity index (χ0n) is 22.6. The molecule has 2 aliphatic heterocycles. The number of fused-ring (bicyclic) bond motifs is 4. The Kier molecular flexibility index (Phi) is 7.14. The molecule has 6 atom stereocenters. The van der Waals surface area contributed by atoms with Gasteiger partial charge in [0.25, 0.3) is 11.8 Å². The average molecular weight is 692 g/mol. The summed E-state index contributed by atoms with van der Waals surface area (Å²) in [6.07, 6.45) is 1.75. The number of alkyl halides is 3. The van der Waals surface area contributed by atoms with Crippen LogP contribution >= 0.6 is 39.1 Å². The van der Waals surface area contributed by atoms with Crippen molar-refractivity contribution in [3.8, 4) is 11.5 Å². The Morgan fingerprint density at radius 3 is 2.49 bits per heavy atom. The molecule has 2 aromatic carbocycles. The van der Waals surface area contributed by atoms with Crippen LogP contribution < -0.4 is 9.64 Å². The number of ether oxygens (including phenoxy) is 1. The lowest BCUT2D eigenvalue weighted by Gasteiger charge is -2.50. The maximum absolute atomic E-state index is 14.1. The lowest BCUT2D eigenvalue weighted by molar-refractivity contribution is -0.138. The molecule has 4 amide bonds. The van der Waals surface area contributed by atoms with E-state index in [0.717, 1.165) is 9.80 Å². The van der Waals surface area contributed by atoms with Crippen LogP contribution in [0, 0.1) is 17.8 Å². The fourth-order valence-corrected chi connectivity index (χ4v) is 8.57. The first kappa shape index (κ1) is 29.7. The van der Waals surface area contributed by atoms with E-state index in [2.05, 4.69) is 15.9 Å². The summed E-state index contributed by atoms with van der Waals surface area (Å²) in [4.78, 5) is 65.0. The number of carboxylic acid groups (broad SMARTS) is 1. The van der Waals surface area contributed by atoms with E-state index in [1.165, 1.54) is 30.3 Å². The Labute approximate surface area is 264 Å². The quantitative estimate of drug-likeness (QED) is 0.197. The molecule has 2 N–H and O–H groups in total. The summed E-state index contributed by atoms with van der Waals surface area (Å²) >= 11 is 17.6. The molecule has 0 aromatic heterocycles. The van der Waals surface area contributed by atoms with Crippen molar-refractivity contribution in [1.29, 1.82) is 0 Å². The molecule has 43 heavy (non-hydrogen) atoms. The van der Waals surface area contributed by atoms with Crippen molar-refractivity contribution in [2.75, 3.05) is 17.0 Å². The van der Waals surface area contributed by atoms with Gasteiger partial charge in [-0.15, -0.1) is 23.2 Å². The number of nitrogens with zero attached hydrogens (tertiary/aromatic N) is 2. The summed E-state index contributed by atoms with van der Waals surface area (Å²) in [7, 11) is 0. The molecule has 2 heterocycles. The van der Waals surface area contributed by atoms with Crippen molar-refractivity contribution in [2.45, 2.75) is 35.4 Å². The Morgan fingerprint density at radius 1 is 1.07 bits per heavy atom. The van der Waals surface area contributed by atoms with Crippen molar-refractivity contribution in [1.82, 2.24) is 4.90 Å². The molecule has 4 aliphatic rings. The van der Waals surface area contributed by atoms with E-state index in [0.29, 0.717) is 11.1 Å². The number of allylic oxidation sites excluding steroid dienone is 2. The maximum Gasteiger partial charge on any atom is 0.335 e. The van der Waals surface area contributed by atoms with Crippen LogP contribution in [-0.2, 0) is 19.2 Å². The summed E-state index contributed by atoms with van der Waals surface area (Å²) in [5.41, 5.74) is 0.916. The lowest BCUT2D eigenvalue weighted by atomic mass is 9.56. The molecule has 224 valence electrons. The van der Waals surface area contributed by atoms with E-state index in [1.54, 1.807) is 25.1 Å². The molecule has 6 rings (SSSR count). The van der Waals surface area contributed by atoms with E-state index >= 15 is 0 Å². The Bertz CT molecular complexity index is 1650. The third-order valence-electron chi connectivity index (χ3n) is 8.98. The van der Waals surface area contributed by atoms with Gasteiger partial charge in [0.15, 0.2) is 21.2 Å². The number of aromatic carboxylic acids is 1. The molecular weight excluding hydrogens is 667 g/mol. The number of anilines is 1. The molecule has 2 aliphatic carbocycles. The summed E-state index contributed by atoms with van der Waals surface area (Å²) in [6, 6.07) is 10.1. The number of hydrogen-bond donors (Lipinski definition) is 2. The highest BCUT2D eigenvalue weighted by Crippen LogP contribution is 2.65. The minimum Gasteiger partial charge on any atom is -0.504 e. The number of carbonyl (C=O) groups is 5. The zero-order valence-corrected chi connectivity index (χ0v) is 25.7. The molecule has 3 fully saturated rings. The zero-order chi connectivity index (χ0) is 31.0. The van der Waals surface area contributed by atoms with Gasteiger partial charge in [-0.2, -0.15) is 0 Å². The van der Waals surface area contributed by atoms with Crippen molar-refractivity contribution >= 4 is 74.4 Å². The van der Waals surface area contributed by atoms with Crippen LogP contribution in [-0.4, -0.2) is 66.5 Å². The van der Waals surface area contributed by atoms with Gasteiger partial charge in [-0.25, -0.2) is 4.79 Å². The molecule has 0 bridgehead atoms. The van der Waals surface area contributed by atoms with Crippen molar-refractivity contribution in [2.24, 2.45) is 17.8 Å². The minimum absolute atomic E-state index is 0.0847. The Morgan fingerprint density at radius 2 is 1.81 bits per heavy atom. The topological polar surface area (TPSA) is 142 Å². The largest absolute Gasteiger partial charge is 0.504 e. The monoisotopic (exact) mass is 690 g/mol. The van der Waals surface area contributed by atoms with Gasteiger partial charge in [0.1, 0.15) is 0 Å². The van der Waals surface area contributed by atoms with Gasteiger partial charge in [0.2, 0.25) is 11.8 Å². The first-order valence-electron chi connectivity index (χ1n) is 13.6. The van der Waals surface area contributed by atoms with Gasteiger partial charge in [0.05, 0.1) is 35.1 Å². The van der Waals surface area contributed by atoms with E-state index in [4.69, 9.17) is 27.9 Å². The third kappa shape index (κ3) is 4.00. The molecule has 0 spiro atoms. The lowest BCUT2D eigenvalue weighted by Crippen LogP contribution is -2.60. The minimum atomic E-state index is -1.99. The molecule has 2 aromatic rings. The van der Waals surface area contributed by atoms with Crippen molar-refractivity contribution in [3.63, 3.8) is 0 Å². The molecule has 13 heteroatoms. The fourth-order valence-electron chi connectivity index (χ4n) is 7.14. The second-order valence-electron chi connectivity index (χ2n) is 11.0. The molecule has 0 radical (unpaired) electrons. The second kappa shape index (κ2) is 10.3. The van der Waals surface area contributed by atoms with Crippen LogP contribution in [0.5, 0.6) is 11.5 Å². The van der Waals surface area contributed by atoms with E-state index in [-0.39, 0.29) is 47.7 Å². The summed E-state index contributed by atoms with van der Waals surface area (Å²) in [5, 5.41) is 19.9. The Hall–Kier alpha value is -3.41. The molecular formula is C30H25BrCl2N2O8. The molecule has 2 saturated heterocycles. The summed E-state index contributed by atoms with van der Waals surface area (Å²) < 4.78 is 5.59. The standard InChI is InChI=1S/C30H25BrCl2N2O8/c1-2-43-21-11-14(6-9-20(21)36)23-17-7-8-18-22(19(17)12-29(32)27(41)34(13-31)28(42)30(23,29)33)25(38)35(24(18)37)16-5-3-4-15(10-16)26(39)40/h3-7,9-11,18-19,22-23,36H,2,8,12-13H2,1H3,(H,39,40)/t18-,19+,22-,23-,29+,30-/m0/s1. The highest BCUT2D eigenvalue weighted by Gasteiger charge is 2.76. The highest BCUT2D eigenvalue weighted by molar-refractivity contribution is 9.09. The van der Waals surface area contributed by atoms with Crippen molar-refractivity contribution < 1.29 is 38.9 Å². The number of carbonyl (C=O) groups excluding carboxylic acids is 4. The number of rotatable bonds is 6. The predicted molar refractivity (Wildman–Crippen MR) is 159 cm³/mol. The summed E-state index contributed by atoms with van der Waals surface area (Å²) in [6.45, 7) is 1.99. The molecule has 10 nitrogen and oxygen atoms in total. The second-order valence-corrected chi connectivity index (χ2v) is 12.8. The number of halogens is 3. The number of benzene rings is 2. The van der Waals surface area contributed by atoms with Gasteiger partial charge >= 0.3 is 5.97 Å². The SMILES string of the molecule is CCOc1cc([C@H]2C3=CC[C@@H]4C(=O)N(c5cccc(C(=O)O)c5)C(=O)[C@@H]4[C@@H]3C[C@@]3(Cl)C(=O)N(CBr)C(=O)[C@@]23Cl)ccc1O. The molecule has 0 unspecified atom stereocenters. The number of aromatic hydroxyl groups is 1. The van der Waals surface area contributed by atoms with E-state index in [1.807, 2.05) is 0 Å². The van der Waals surface area contributed by atoms with Crippen LogP contribution in [0.3, 0.4) is 0 Å². The number of imide groups is 2. The molecule has 1 saturated carbocycles. The van der Waals surface area contributed by atoms with Crippen LogP contribution in [0.25, 0.3) is 0 Å². The number of phenolic OH excluding ortho intramolecular Hbond substituents is 1. The fraction of sp³-hybridized carbons (Fsp3) is 0.367. The van der Waals surface area contributed by atoms with E-state index < -0.39 is 63.0 Å². The van der Waals surface area contributed by atoms with Gasteiger partial charge < -0.3 is 14.9 Å². The average Bonchev–Trinajstić information content (AvgIpc) is 3.32. The number of amides is 4.